The molecule has 3 N–H and O–H groups in total. The third-order valence-corrected chi connectivity index (χ3v) is 5.76. The van der Waals surface area contributed by atoms with Crippen molar-refractivity contribution in [3.8, 4) is 17.0 Å². The molecule has 170 valence electrons. The van der Waals surface area contributed by atoms with Crippen molar-refractivity contribution in [2.45, 2.75) is 24.3 Å². The number of aromatic nitrogens is 2. The highest BCUT2D eigenvalue weighted by molar-refractivity contribution is 5.89. The standard InChI is InChI=1S/C24H25N5O4/c1-31-17-9-7-15(8-10-17)18-11-12-25-23(27-18)28-19-13-32-22-20(14-33-21(19)22)29-24(30)26-16-5-3-2-4-6-16/h2-12,19-22H,13-14H2,1H3,(H,25,27,28)(H2,26,29,30)/t19-,20+,21-,22+/m1/s1. The normalized spacial score (nSPS) is 23.5. The van der Waals surface area contributed by atoms with E-state index in [1.807, 2.05) is 60.7 Å². The molecule has 5 rings (SSSR count). The van der Waals surface area contributed by atoms with E-state index in [2.05, 4.69) is 25.9 Å². The quantitative estimate of drug-likeness (QED) is 0.533. The van der Waals surface area contributed by atoms with Crippen LogP contribution in [0.15, 0.2) is 66.9 Å². The van der Waals surface area contributed by atoms with Crippen LogP contribution in [-0.2, 0) is 9.47 Å². The number of fused-ring (bicyclic) bond motifs is 1. The lowest BCUT2D eigenvalue weighted by atomic mass is 10.1. The Labute approximate surface area is 191 Å². The summed E-state index contributed by atoms with van der Waals surface area (Å²) in [5.74, 6) is 1.29. The van der Waals surface area contributed by atoms with Crippen LogP contribution in [-0.4, -0.2) is 60.6 Å². The molecule has 33 heavy (non-hydrogen) atoms. The summed E-state index contributed by atoms with van der Waals surface area (Å²) in [6.45, 7) is 0.812. The Morgan fingerprint density at radius 1 is 0.970 bits per heavy atom. The molecule has 9 nitrogen and oxygen atoms in total. The lowest BCUT2D eigenvalue weighted by molar-refractivity contribution is 0.0683. The van der Waals surface area contributed by atoms with Crippen LogP contribution < -0.4 is 20.7 Å². The summed E-state index contributed by atoms with van der Waals surface area (Å²) < 4.78 is 17.1. The fraction of sp³-hybridized carbons (Fsp3) is 0.292. The van der Waals surface area contributed by atoms with E-state index in [4.69, 9.17) is 14.2 Å². The highest BCUT2D eigenvalue weighted by Gasteiger charge is 2.48. The third-order valence-electron chi connectivity index (χ3n) is 5.76. The van der Waals surface area contributed by atoms with Gasteiger partial charge in [-0.15, -0.1) is 0 Å². The van der Waals surface area contributed by atoms with Crippen LogP contribution in [0, 0.1) is 0 Å². The molecule has 2 saturated heterocycles. The highest BCUT2D eigenvalue weighted by atomic mass is 16.6. The van der Waals surface area contributed by atoms with Crippen molar-refractivity contribution in [1.82, 2.24) is 15.3 Å². The number of anilines is 2. The summed E-state index contributed by atoms with van der Waals surface area (Å²) in [6, 6.07) is 18.2. The molecule has 0 bridgehead atoms. The van der Waals surface area contributed by atoms with E-state index >= 15 is 0 Å². The van der Waals surface area contributed by atoms with E-state index in [1.165, 1.54) is 0 Å². The van der Waals surface area contributed by atoms with Gasteiger partial charge in [-0.3, -0.25) is 0 Å². The van der Waals surface area contributed by atoms with Crippen LogP contribution in [0.3, 0.4) is 0 Å². The number of hydrogen-bond acceptors (Lipinski definition) is 7. The first-order valence-corrected chi connectivity index (χ1v) is 10.8. The van der Waals surface area contributed by atoms with Gasteiger partial charge in [0, 0.05) is 17.4 Å². The van der Waals surface area contributed by atoms with Gasteiger partial charge in [-0.25, -0.2) is 14.8 Å². The van der Waals surface area contributed by atoms with Gasteiger partial charge in [-0.2, -0.15) is 0 Å². The summed E-state index contributed by atoms with van der Waals surface area (Å²) >= 11 is 0. The van der Waals surface area contributed by atoms with Crippen LogP contribution in [0.25, 0.3) is 11.3 Å². The summed E-state index contributed by atoms with van der Waals surface area (Å²) in [5.41, 5.74) is 2.49. The number of carbonyl (C=O) groups is 1. The van der Waals surface area contributed by atoms with E-state index in [9.17, 15) is 4.79 Å². The van der Waals surface area contributed by atoms with Gasteiger partial charge >= 0.3 is 6.03 Å². The lowest BCUT2D eigenvalue weighted by Crippen LogP contribution is -2.46. The van der Waals surface area contributed by atoms with Gasteiger partial charge in [-0.05, 0) is 42.5 Å². The van der Waals surface area contributed by atoms with E-state index in [0.29, 0.717) is 19.2 Å². The Bertz CT molecular complexity index is 1100. The maximum absolute atomic E-state index is 12.4. The van der Waals surface area contributed by atoms with Gasteiger partial charge in [0.2, 0.25) is 5.95 Å². The molecule has 1 aromatic heterocycles. The molecular weight excluding hydrogens is 422 g/mol. The fourth-order valence-electron chi connectivity index (χ4n) is 4.12. The second kappa shape index (κ2) is 9.43. The number of amides is 2. The number of methoxy groups -OCH3 is 1. The van der Waals surface area contributed by atoms with Crippen molar-refractivity contribution in [2.24, 2.45) is 0 Å². The SMILES string of the molecule is COc1ccc(-c2ccnc(N[C@@H]3CO[C@@H]4[C@@H]3OC[C@@H]4NC(=O)Nc3ccccc3)n2)cc1. The van der Waals surface area contributed by atoms with Gasteiger partial charge < -0.3 is 30.2 Å². The van der Waals surface area contributed by atoms with Gasteiger partial charge in [0.15, 0.2) is 0 Å². The van der Waals surface area contributed by atoms with Crippen molar-refractivity contribution in [1.29, 1.82) is 0 Å². The fourth-order valence-corrected chi connectivity index (χ4v) is 4.12. The number of carbonyl (C=O) groups excluding carboxylic acids is 1. The maximum Gasteiger partial charge on any atom is 0.319 e. The number of nitrogens with zero attached hydrogens (tertiary/aromatic N) is 2. The molecule has 3 heterocycles. The molecule has 0 radical (unpaired) electrons. The molecule has 2 fully saturated rings. The number of urea groups is 1. The Hall–Kier alpha value is -3.69. The molecule has 9 heteroatoms. The van der Waals surface area contributed by atoms with Gasteiger partial charge in [0.05, 0.1) is 38.1 Å². The Morgan fingerprint density at radius 2 is 1.70 bits per heavy atom. The summed E-state index contributed by atoms with van der Waals surface area (Å²) in [6.07, 6.45) is 1.27. The first-order valence-electron chi connectivity index (χ1n) is 10.8. The summed E-state index contributed by atoms with van der Waals surface area (Å²) in [4.78, 5) is 21.4. The minimum atomic E-state index is -0.286. The Kier molecular flexibility index (Phi) is 6.05. The van der Waals surface area contributed by atoms with E-state index in [-0.39, 0.29) is 30.3 Å². The monoisotopic (exact) mass is 447 g/mol. The molecule has 4 atom stereocenters. The molecule has 2 aromatic carbocycles. The number of hydrogen-bond donors (Lipinski definition) is 3. The van der Waals surface area contributed by atoms with Crippen LogP contribution in [0.1, 0.15) is 0 Å². The number of para-hydroxylation sites is 1. The molecule has 0 saturated carbocycles. The summed E-state index contributed by atoms with van der Waals surface area (Å²) in [7, 11) is 1.64. The van der Waals surface area contributed by atoms with Crippen molar-refractivity contribution in [2.75, 3.05) is 31.0 Å². The number of rotatable bonds is 6. The molecule has 2 aliphatic rings. The van der Waals surface area contributed by atoms with E-state index in [1.54, 1.807) is 13.3 Å². The smallest absolute Gasteiger partial charge is 0.319 e. The molecule has 0 aliphatic carbocycles. The minimum Gasteiger partial charge on any atom is -0.497 e. The number of benzene rings is 2. The van der Waals surface area contributed by atoms with Crippen molar-refractivity contribution in [3.63, 3.8) is 0 Å². The largest absolute Gasteiger partial charge is 0.497 e. The topological polar surface area (TPSA) is 107 Å². The van der Waals surface area contributed by atoms with Crippen LogP contribution in [0.5, 0.6) is 5.75 Å². The zero-order valence-electron chi connectivity index (χ0n) is 18.1. The lowest BCUT2D eigenvalue weighted by Gasteiger charge is -2.18. The second-order valence-electron chi connectivity index (χ2n) is 7.91. The van der Waals surface area contributed by atoms with E-state index in [0.717, 1.165) is 22.7 Å². The predicted octanol–water partition coefficient (Wildman–Crippen LogP) is 2.92. The van der Waals surface area contributed by atoms with Gasteiger partial charge in [0.25, 0.3) is 0 Å². The number of ether oxygens (including phenoxy) is 3. The zero-order chi connectivity index (χ0) is 22.6. The van der Waals surface area contributed by atoms with E-state index < -0.39 is 0 Å². The second-order valence-corrected chi connectivity index (χ2v) is 7.91. The molecule has 2 amide bonds. The van der Waals surface area contributed by atoms with Gasteiger partial charge in [0.1, 0.15) is 18.0 Å². The molecular formula is C24H25N5O4. The predicted molar refractivity (Wildman–Crippen MR) is 123 cm³/mol. The van der Waals surface area contributed by atoms with Crippen molar-refractivity contribution in [3.05, 3.63) is 66.9 Å². The van der Waals surface area contributed by atoms with Crippen LogP contribution >= 0.6 is 0 Å². The summed E-state index contributed by atoms with van der Waals surface area (Å²) in [5, 5.41) is 9.11. The molecule has 2 aliphatic heterocycles. The Morgan fingerprint density at radius 3 is 2.45 bits per heavy atom. The minimum absolute atomic E-state index is 0.120. The maximum atomic E-state index is 12.4. The average molecular weight is 447 g/mol. The van der Waals surface area contributed by atoms with Crippen LogP contribution in [0.2, 0.25) is 0 Å². The Balaban J connectivity index is 1.20. The molecule has 0 spiro atoms. The average Bonchev–Trinajstić information content (AvgIpc) is 3.43. The first kappa shape index (κ1) is 21.2. The first-order chi connectivity index (χ1) is 16.2. The molecule has 3 aromatic rings. The third kappa shape index (κ3) is 4.74. The number of nitrogens with one attached hydrogen (secondary N) is 3. The highest BCUT2D eigenvalue weighted by Crippen LogP contribution is 2.29. The van der Waals surface area contributed by atoms with Crippen molar-refractivity contribution < 1.29 is 19.0 Å². The van der Waals surface area contributed by atoms with Gasteiger partial charge in [-0.1, -0.05) is 18.2 Å². The van der Waals surface area contributed by atoms with Crippen molar-refractivity contribution >= 4 is 17.7 Å². The van der Waals surface area contributed by atoms with Crippen LogP contribution in [0.4, 0.5) is 16.4 Å². The molecule has 0 unspecified atom stereocenters. The zero-order valence-corrected chi connectivity index (χ0v) is 18.1.